The Bertz CT molecular complexity index is 556. The zero-order chi connectivity index (χ0) is 12.6. The van der Waals surface area contributed by atoms with Crippen molar-refractivity contribution in [3.05, 3.63) is 24.3 Å². The van der Waals surface area contributed by atoms with E-state index in [0.717, 1.165) is 28.5 Å². The van der Waals surface area contributed by atoms with E-state index in [1.54, 1.807) is 23.1 Å². The highest BCUT2D eigenvalue weighted by Gasteiger charge is 2.44. The summed E-state index contributed by atoms with van der Waals surface area (Å²) in [6.45, 7) is 0. The number of hydrogen-bond donors (Lipinski definition) is 1. The van der Waals surface area contributed by atoms with Crippen LogP contribution in [0.25, 0.3) is 10.2 Å². The van der Waals surface area contributed by atoms with E-state index < -0.39 is 5.97 Å². The fourth-order valence-electron chi connectivity index (χ4n) is 2.00. The summed E-state index contributed by atoms with van der Waals surface area (Å²) in [6, 6.07) is 8.09. The summed E-state index contributed by atoms with van der Waals surface area (Å²) < 4.78 is 2.25. The van der Waals surface area contributed by atoms with Crippen molar-refractivity contribution in [2.75, 3.05) is 5.75 Å². The first-order valence-corrected chi connectivity index (χ1v) is 7.67. The van der Waals surface area contributed by atoms with Crippen LogP contribution in [0, 0.1) is 5.41 Å². The molecule has 0 aliphatic heterocycles. The SMILES string of the molecule is O=C(O)CC1(CSc2nc3ccccc3s2)CC1. The molecule has 18 heavy (non-hydrogen) atoms. The van der Waals surface area contributed by atoms with Crippen LogP contribution in [0.5, 0.6) is 0 Å². The van der Waals surface area contributed by atoms with Crippen molar-refractivity contribution in [1.29, 1.82) is 0 Å². The van der Waals surface area contributed by atoms with Crippen molar-refractivity contribution >= 4 is 39.3 Å². The van der Waals surface area contributed by atoms with Gasteiger partial charge in [0.15, 0.2) is 4.34 Å². The van der Waals surface area contributed by atoms with E-state index in [-0.39, 0.29) is 5.41 Å². The Morgan fingerprint density at radius 1 is 1.44 bits per heavy atom. The molecule has 1 heterocycles. The lowest BCUT2D eigenvalue weighted by Gasteiger charge is -2.09. The number of rotatable bonds is 5. The van der Waals surface area contributed by atoms with Crippen LogP contribution in [-0.2, 0) is 4.79 Å². The first-order valence-electron chi connectivity index (χ1n) is 5.87. The minimum absolute atomic E-state index is 0.0361. The van der Waals surface area contributed by atoms with Gasteiger partial charge in [0, 0.05) is 5.75 Å². The summed E-state index contributed by atoms with van der Waals surface area (Å²) in [7, 11) is 0. The Morgan fingerprint density at radius 2 is 2.22 bits per heavy atom. The van der Waals surface area contributed by atoms with Crippen molar-refractivity contribution in [2.45, 2.75) is 23.6 Å². The molecule has 1 N–H and O–H groups in total. The third-order valence-corrected chi connectivity index (χ3v) is 5.79. The molecule has 1 aromatic carbocycles. The molecule has 94 valence electrons. The standard InChI is InChI=1S/C13H13NO2S2/c15-11(16)7-13(5-6-13)8-17-12-14-9-3-1-2-4-10(9)18-12/h1-4H,5-8H2,(H,15,16). The number of carboxylic acids is 1. The van der Waals surface area contributed by atoms with Crippen LogP contribution in [-0.4, -0.2) is 21.8 Å². The molecule has 0 radical (unpaired) electrons. The highest BCUT2D eigenvalue weighted by Crippen LogP contribution is 2.52. The molecule has 0 amide bonds. The van der Waals surface area contributed by atoms with Gasteiger partial charge < -0.3 is 5.11 Å². The van der Waals surface area contributed by atoms with Gasteiger partial charge in [0.25, 0.3) is 0 Å². The average Bonchev–Trinajstić information content (AvgIpc) is 2.95. The molecule has 3 rings (SSSR count). The highest BCUT2D eigenvalue weighted by atomic mass is 32.2. The topological polar surface area (TPSA) is 50.2 Å². The lowest BCUT2D eigenvalue weighted by Crippen LogP contribution is -2.10. The van der Waals surface area contributed by atoms with E-state index in [2.05, 4.69) is 11.1 Å². The molecule has 1 fully saturated rings. The molecule has 1 aliphatic carbocycles. The maximum atomic E-state index is 10.8. The molecule has 0 unspecified atom stereocenters. The predicted octanol–water partition coefficient (Wildman–Crippen LogP) is 3.64. The third kappa shape index (κ3) is 2.52. The van der Waals surface area contributed by atoms with Crippen LogP contribution >= 0.6 is 23.1 Å². The van der Waals surface area contributed by atoms with Gasteiger partial charge in [0.2, 0.25) is 0 Å². The second-order valence-electron chi connectivity index (χ2n) is 4.81. The number of benzene rings is 1. The van der Waals surface area contributed by atoms with Gasteiger partial charge in [-0.3, -0.25) is 4.79 Å². The number of aromatic nitrogens is 1. The molecule has 0 saturated heterocycles. The molecule has 0 atom stereocenters. The molecule has 1 aliphatic rings. The van der Waals surface area contributed by atoms with Crippen molar-refractivity contribution in [2.24, 2.45) is 5.41 Å². The monoisotopic (exact) mass is 279 g/mol. The summed E-state index contributed by atoms with van der Waals surface area (Å²) in [5.74, 6) is 0.191. The zero-order valence-electron chi connectivity index (χ0n) is 9.76. The van der Waals surface area contributed by atoms with E-state index in [1.165, 1.54) is 4.70 Å². The third-order valence-electron chi connectivity index (χ3n) is 3.26. The van der Waals surface area contributed by atoms with Crippen molar-refractivity contribution in [1.82, 2.24) is 4.98 Å². The number of thioether (sulfide) groups is 1. The van der Waals surface area contributed by atoms with Crippen LogP contribution in [0.2, 0.25) is 0 Å². The van der Waals surface area contributed by atoms with Crippen LogP contribution in [0.4, 0.5) is 0 Å². The second-order valence-corrected chi connectivity index (χ2v) is 7.06. The number of aliphatic carboxylic acids is 1. The summed E-state index contributed by atoms with van der Waals surface area (Å²) in [5, 5.41) is 8.88. The molecular formula is C13H13NO2S2. The molecule has 1 aromatic heterocycles. The van der Waals surface area contributed by atoms with Crippen molar-refractivity contribution in [3.8, 4) is 0 Å². The van der Waals surface area contributed by atoms with Crippen molar-refractivity contribution in [3.63, 3.8) is 0 Å². The predicted molar refractivity (Wildman–Crippen MR) is 74.3 cm³/mol. The average molecular weight is 279 g/mol. The minimum Gasteiger partial charge on any atom is -0.481 e. The second kappa shape index (κ2) is 4.55. The van der Waals surface area contributed by atoms with Gasteiger partial charge in [-0.05, 0) is 30.4 Å². The van der Waals surface area contributed by atoms with Gasteiger partial charge in [-0.1, -0.05) is 23.9 Å². The number of fused-ring (bicyclic) bond motifs is 1. The Kier molecular flexibility index (Phi) is 3.03. The highest BCUT2D eigenvalue weighted by molar-refractivity contribution is 8.01. The number of hydrogen-bond acceptors (Lipinski definition) is 4. The summed E-state index contributed by atoms with van der Waals surface area (Å²) in [6.07, 6.45) is 2.37. The normalized spacial score (nSPS) is 16.9. The first kappa shape index (κ1) is 12.0. The number of para-hydroxylation sites is 1. The Balaban J connectivity index is 1.68. The van der Waals surface area contributed by atoms with Crippen LogP contribution in [0.3, 0.4) is 0 Å². The number of thiazole rings is 1. The maximum Gasteiger partial charge on any atom is 0.303 e. The van der Waals surface area contributed by atoms with Crippen LogP contribution in [0.15, 0.2) is 28.6 Å². The largest absolute Gasteiger partial charge is 0.481 e. The van der Waals surface area contributed by atoms with Gasteiger partial charge in [0.05, 0.1) is 16.6 Å². The fraction of sp³-hybridized carbons (Fsp3) is 0.385. The number of carbonyl (C=O) groups is 1. The lowest BCUT2D eigenvalue weighted by molar-refractivity contribution is -0.138. The molecule has 0 spiro atoms. The summed E-state index contributed by atoms with van der Waals surface area (Å²) in [4.78, 5) is 15.3. The molecule has 3 nitrogen and oxygen atoms in total. The van der Waals surface area contributed by atoms with Gasteiger partial charge in [0.1, 0.15) is 0 Å². The molecule has 5 heteroatoms. The Morgan fingerprint density at radius 3 is 2.89 bits per heavy atom. The quantitative estimate of drug-likeness (QED) is 0.849. The Hall–Kier alpha value is -1.07. The van der Waals surface area contributed by atoms with E-state index in [0.29, 0.717) is 6.42 Å². The maximum absolute atomic E-state index is 10.8. The summed E-state index contributed by atoms with van der Waals surface area (Å²) >= 11 is 3.39. The number of carboxylic acid groups (broad SMARTS) is 1. The minimum atomic E-state index is -0.683. The summed E-state index contributed by atoms with van der Waals surface area (Å²) in [5.41, 5.74) is 1.07. The number of nitrogens with zero attached hydrogens (tertiary/aromatic N) is 1. The van der Waals surface area contributed by atoms with Gasteiger partial charge in [-0.25, -0.2) is 4.98 Å². The van der Waals surface area contributed by atoms with Crippen molar-refractivity contribution < 1.29 is 9.90 Å². The van der Waals surface area contributed by atoms with Gasteiger partial charge in [-0.2, -0.15) is 0 Å². The van der Waals surface area contributed by atoms with Gasteiger partial charge in [-0.15, -0.1) is 11.3 Å². The fourth-order valence-corrected chi connectivity index (χ4v) is 4.36. The molecule has 0 bridgehead atoms. The van der Waals surface area contributed by atoms with Gasteiger partial charge >= 0.3 is 5.97 Å². The molecular weight excluding hydrogens is 266 g/mol. The first-order chi connectivity index (χ1) is 8.67. The van der Waals surface area contributed by atoms with E-state index in [1.807, 2.05) is 18.2 Å². The van der Waals surface area contributed by atoms with E-state index in [4.69, 9.17) is 5.11 Å². The Labute approximate surface area is 113 Å². The van der Waals surface area contributed by atoms with Crippen LogP contribution < -0.4 is 0 Å². The van der Waals surface area contributed by atoms with Crippen LogP contribution in [0.1, 0.15) is 19.3 Å². The van der Waals surface area contributed by atoms with E-state index in [9.17, 15) is 4.79 Å². The molecule has 2 aromatic rings. The van der Waals surface area contributed by atoms with E-state index >= 15 is 0 Å². The molecule has 1 saturated carbocycles. The lowest BCUT2D eigenvalue weighted by atomic mass is 10.1. The smallest absolute Gasteiger partial charge is 0.303 e. The zero-order valence-corrected chi connectivity index (χ0v) is 11.4.